The van der Waals surface area contributed by atoms with E-state index in [2.05, 4.69) is 5.32 Å². The third-order valence-electron chi connectivity index (χ3n) is 3.59. The summed E-state index contributed by atoms with van der Waals surface area (Å²) in [6, 6.07) is 2.39. The summed E-state index contributed by atoms with van der Waals surface area (Å²) < 4.78 is 32.0. The summed E-state index contributed by atoms with van der Waals surface area (Å²) in [5.41, 5.74) is 0.981. The van der Waals surface area contributed by atoms with E-state index in [0.717, 1.165) is 12.1 Å². The Hall–Kier alpha value is -2.02. The molecule has 1 atom stereocenters. The summed E-state index contributed by atoms with van der Waals surface area (Å²) in [4.78, 5) is 13.8. The van der Waals surface area contributed by atoms with Crippen LogP contribution in [-0.2, 0) is 9.53 Å². The van der Waals surface area contributed by atoms with Crippen molar-refractivity contribution in [3.8, 4) is 0 Å². The van der Waals surface area contributed by atoms with E-state index >= 15 is 0 Å². The lowest BCUT2D eigenvalue weighted by molar-refractivity contribution is -0.136. The third-order valence-corrected chi connectivity index (χ3v) is 3.93. The first kappa shape index (κ1) is 16.4. The van der Waals surface area contributed by atoms with Gasteiger partial charge in [0.15, 0.2) is 5.11 Å². The Morgan fingerprint density at radius 1 is 1.45 bits per heavy atom. The first-order valence-corrected chi connectivity index (χ1v) is 7.13. The van der Waals surface area contributed by atoms with Crippen LogP contribution in [0, 0.1) is 11.6 Å². The number of hydrogen-bond donors (Lipinski definition) is 1. The van der Waals surface area contributed by atoms with Crippen molar-refractivity contribution in [1.82, 2.24) is 10.2 Å². The molecule has 0 radical (unpaired) electrons. The molecule has 0 aromatic heterocycles. The summed E-state index contributed by atoms with van der Waals surface area (Å²) in [7, 11) is 1.25. The van der Waals surface area contributed by atoms with Gasteiger partial charge >= 0.3 is 5.97 Å². The van der Waals surface area contributed by atoms with Crippen molar-refractivity contribution in [3.63, 3.8) is 0 Å². The maximum absolute atomic E-state index is 14.1. The Morgan fingerprint density at radius 2 is 2.14 bits per heavy atom. The third kappa shape index (κ3) is 2.81. The van der Waals surface area contributed by atoms with Gasteiger partial charge in [0.25, 0.3) is 0 Å². The van der Waals surface area contributed by atoms with Crippen LogP contribution in [-0.4, -0.2) is 29.6 Å². The molecule has 1 aliphatic heterocycles. The van der Waals surface area contributed by atoms with Gasteiger partial charge in [-0.25, -0.2) is 13.6 Å². The van der Waals surface area contributed by atoms with Crippen LogP contribution in [0.4, 0.5) is 8.78 Å². The fourth-order valence-corrected chi connectivity index (χ4v) is 2.89. The molecular formula is C15H16F2N2O2S. The van der Waals surface area contributed by atoms with Gasteiger partial charge in [-0.2, -0.15) is 0 Å². The molecule has 118 valence electrons. The minimum Gasteiger partial charge on any atom is -0.466 e. The number of carbonyl (C=O) groups excluding carboxylic acids is 1. The summed E-state index contributed by atoms with van der Waals surface area (Å²) >= 11 is 5.26. The fourth-order valence-electron chi connectivity index (χ4n) is 2.51. The fraction of sp³-hybridized carbons (Fsp3) is 0.333. The molecule has 0 aliphatic carbocycles. The second-order valence-electron chi connectivity index (χ2n) is 4.78. The molecule has 0 amide bonds. The number of hydrogen-bond acceptors (Lipinski definition) is 3. The van der Waals surface area contributed by atoms with E-state index in [9.17, 15) is 13.6 Å². The number of allylic oxidation sites excluding steroid dienone is 1. The largest absolute Gasteiger partial charge is 0.466 e. The number of ether oxygens (including phenoxy) is 1. The van der Waals surface area contributed by atoms with Crippen LogP contribution in [0.5, 0.6) is 0 Å². The molecule has 0 unspecified atom stereocenters. The molecule has 1 aromatic carbocycles. The lowest BCUT2D eigenvalue weighted by Crippen LogP contribution is -2.47. The molecule has 1 aliphatic rings. The van der Waals surface area contributed by atoms with Crippen molar-refractivity contribution >= 4 is 23.3 Å². The molecule has 0 bridgehead atoms. The van der Waals surface area contributed by atoms with Crippen molar-refractivity contribution in [3.05, 3.63) is 46.7 Å². The number of carbonyl (C=O) groups is 1. The van der Waals surface area contributed by atoms with Crippen LogP contribution in [0.25, 0.3) is 0 Å². The van der Waals surface area contributed by atoms with E-state index in [1.807, 2.05) is 6.92 Å². The van der Waals surface area contributed by atoms with E-state index in [1.54, 1.807) is 11.8 Å². The van der Waals surface area contributed by atoms with Crippen LogP contribution in [0.3, 0.4) is 0 Å². The summed E-state index contributed by atoms with van der Waals surface area (Å²) in [6.07, 6.45) is 0. The van der Waals surface area contributed by atoms with Crippen molar-refractivity contribution in [2.24, 2.45) is 0 Å². The molecule has 4 nitrogen and oxygen atoms in total. The SMILES string of the molecule is CCN1C(=S)N[C@H](c2ccc(F)cc2F)C(C(=O)OC)=C1C. The Labute approximate surface area is 132 Å². The molecule has 2 rings (SSSR count). The van der Waals surface area contributed by atoms with Gasteiger partial charge in [-0.3, -0.25) is 0 Å². The molecular weight excluding hydrogens is 310 g/mol. The zero-order chi connectivity index (χ0) is 16.4. The second-order valence-corrected chi connectivity index (χ2v) is 5.17. The summed E-state index contributed by atoms with van der Waals surface area (Å²) in [6.45, 7) is 4.15. The first-order valence-electron chi connectivity index (χ1n) is 6.72. The molecule has 0 fully saturated rings. The van der Waals surface area contributed by atoms with Crippen LogP contribution in [0.15, 0.2) is 29.5 Å². The smallest absolute Gasteiger partial charge is 0.337 e. The zero-order valence-electron chi connectivity index (χ0n) is 12.4. The van der Waals surface area contributed by atoms with E-state index in [-0.39, 0.29) is 11.1 Å². The van der Waals surface area contributed by atoms with Gasteiger partial charge in [-0.05, 0) is 32.1 Å². The Morgan fingerprint density at radius 3 is 2.68 bits per heavy atom. The molecule has 0 saturated heterocycles. The lowest BCUT2D eigenvalue weighted by Gasteiger charge is -2.36. The van der Waals surface area contributed by atoms with Gasteiger partial charge in [0, 0.05) is 23.9 Å². The second kappa shape index (κ2) is 6.39. The number of esters is 1. The molecule has 1 heterocycles. The zero-order valence-corrected chi connectivity index (χ0v) is 13.3. The molecule has 1 N–H and O–H groups in total. The summed E-state index contributed by atoms with van der Waals surface area (Å²) in [5.74, 6) is -2.02. The maximum atomic E-state index is 14.1. The van der Waals surface area contributed by atoms with Gasteiger partial charge in [0.05, 0.1) is 18.7 Å². The lowest BCUT2D eigenvalue weighted by atomic mass is 9.94. The van der Waals surface area contributed by atoms with E-state index in [4.69, 9.17) is 17.0 Å². The predicted octanol–water partition coefficient (Wildman–Crippen LogP) is 2.66. The van der Waals surface area contributed by atoms with Gasteiger partial charge in [0.1, 0.15) is 11.6 Å². The number of nitrogens with one attached hydrogen (secondary N) is 1. The number of benzene rings is 1. The van der Waals surface area contributed by atoms with Gasteiger partial charge in [-0.15, -0.1) is 0 Å². The van der Waals surface area contributed by atoms with Crippen molar-refractivity contribution in [2.45, 2.75) is 19.9 Å². The minimum atomic E-state index is -0.816. The van der Waals surface area contributed by atoms with Crippen LogP contribution < -0.4 is 5.32 Å². The number of halogens is 2. The Kier molecular flexibility index (Phi) is 4.75. The number of nitrogens with zero attached hydrogens (tertiary/aromatic N) is 1. The standard InChI is InChI=1S/C15H16F2N2O2S/c1-4-19-8(2)12(14(20)21-3)13(18-15(19)22)10-6-5-9(16)7-11(10)17/h5-7,13H,4H2,1-3H3,(H,18,22)/t13-/m1/s1. The van der Waals surface area contributed by atoms with E-state index in [0.29, 0.717) is 17.4 Å². The maximum Gasteiger partial charge on any atom is 0.337 e. The number of methoxy groups -OCH3 is 1. The van der Waals surface area contributed by atoms with Crippen LogP contribution >= 0.6 is 12.2 Å². The topological polar surface area (TPSA) is 41.6 Å². The highest BCUT2D eigenvalue weighted by Gasteiger charge is 2.35. The number of rotatable bonds is 3. The highest BCUT2D eigenvalue weighted by molar-refractivity contribution is 7.80. The first-order chi connectivity index (χ1) is 10.4. The normalized spacial score (nSPS) is 18.3. The van der Waals surface area contributed by atoms with Gasteiger partial charge in [-0.1, -0.05) is 6.07 Å². The van der Waals surface area contributed by atoms with Crippen LogP contribution in [0.1, 0.15) is 25.5 Å². The highest BCUT2D eigenvalue weighted by Crippen LogP contribution is 2.32. The van der Waals surface area contributed by atoms with E-state index in [1.165, 1.54) is 13.2 Å². The molecule has 7 heteroatoms. The monoisotopic (exact) mass is 326 g/mol. The van der Waals surface area contributed by atoms with Crippen molar-refractivity contribution < 1.29 is 18.3 Å². The van der Waals surface area contributed by atoms with Gasteiger partial charge < -0.3 is 15.0 Å². The van der Waals surface area contributed by atoms with Gasteiger partial charge in [0.2, 0.25) is 0 Å². The molecule has 0 saturated carbocycles. The predicted molar refractivity (Wildman–Crippen MR) is 81.9 cm³/mol. The molecule has 0 spiro atoms. The molecule has 22 heavy (non-hydrogen) atoms. The number of thiocarbonyl (C=S) groups is 1. The molecule has 1 aromatic rings. The summed E-state index contributed by atoms with van der Waals surface area (Å²) in [5, 5.41) is 3.30. The van der Waals surface area contributed by atoms with Crippen molar-refractivity contribution in [1.29, 1.82) is 0 Å². The van der Waals surface area contributed by atoms with Crippen LogP contribution in [0.2, 0.25) is 0 Å². The highest BCUT2D eigenvalue weighted by atomic mass is 32.1. The quantitative estimate of drug-likeness (QED) is 0.683. The minimum absolute atomic E-state index is 0.138. The van der Waals surface area contributed by atoms with E-state index < -0.39 is 23.6 Å². The van der Waals surface area contributed by atoms with Crippen molar-refractivity contribution in [2.75, 3.05) is 13.7 Å². The Bertz CT molecular complexity index is 661. The average molecular weight is 326 g/mol. The Balaban J connectivity index is 2.60. The average Bonchev–Trinajstić information content (AvgIpc) is 2.46.